The summed E-state index contributed by atoms with van der Waals surface area (Å²) >= 11 is 6.27. The van der Waals surface area contributed by atoms with Gasteiger partial charge >= 0.3 is 0 Å². The molecule has 4 rings (SSSR count). The van der Waals surface area contributed by atoms with E-state index >= 15 is 0 Å². The van der Waals surface area contributed by atoms with E-state index in [9.17, 15) is 9.59 Å². The van der Waals surface area contributed by atoms with Crippen LogP contribution in [-0.4, -0.2) is 83.8 Å². The molecule has 0 N–H and O–H groups in total. The number of hydrogen-bond donors (Lipinski definition) is 0. The second kappa shape index (κ2) is 11.8. The fraction of sp³-hybridized carbons (Fsp3) is 0.538. The van der Waals surface area contributed by atoms with E-state index < -0.39 is 0 Å². The molecule has 2 aliphatic rings. The van der Waals surface area contributed by atoms with Crippen LogP contribution in [0.3, 0.4) is 0 Å². The summed E-state index contributed by atoms with van der Waals surface area (Å²) in [5.74, 6) is 1.04. The van der Waals surface area contributed by atoms with Crippen LogP contribution >= 0.6 is 11.6 Å². The van der Waals surface area contributed by atoms with Gasteiger partial charge in [-0.2, -0.15) is 0 Å². The third kappa shape index (κ3) is 6.70. The predicted octanol–water partition coefficient (Wildman–Crippen LogP) is 3.50. The SMILES string of the molecule is CC(C)CC(=O)N(CC(=O)N1CCN(c2ccc(-c3ccccc3Cl)nn2)CC1)C[C@H]1CCCO1. The van der Waals surface area contributed by atoms with Crippen molar-refractivity contribution in [3.63, 3.8) is 0 Å². The van der Waals surface area contributed by atoms with Gasteiger partial charge in [-0.3, -0.25) is 9.59 Å². The van der Waals surface area contributed by atoms with Crippen molar-refractivity contribution in [3.05, 3.63) is 41.4 Å². The average Bonchev–Trinajstić information content (AvgIpc) is 3.37. The summed E-state index contributed by atoms with van der Waals surface area (Å²) in [6, 6.07) is 11.4. The molecule has 0 unspecified atom stereocenters. The lowest BCUT2D eigenvalue weighted by atomic mass is 10.1. The fourth-order valence-electron chi connectivity index (χ4n) is 4.52. The van der Waals surface area contributed by atoms with Gasteiger partial charge in [0.1, 0.15) is 0 Å². The van der Waals surface area contributed by atoms with Gasteiger partial charge in [-0.05, 0) is 37.0 Å². The maximum atomic E-state index is 13.1. The van der Waals surface area contributed by atoms with Crippen molar-refractivity contribution in [2.24, 2.45) is 5.92 Å². The van der Waals surface area contributed by atoms with Crippen LogP contribution in [0.4, 0.5) is 5.82 Å². The number of nitrogens with zero attached hydrogens (tertiary/aromatic N) is 5. The van der Waals surface area contributed by atoms with E-state index in [1.807, 2.05) is 55.1 Å². The lowest BCUT2D eigenvalue weighted by molar-refractivity contribution is -0.142. The number of aromatic nitrogens is 2. The van der Waals surface area contributed by atoms with Crippen LogP contribution < -0.4 is 4.90 Å². The molecule has 0 saturated carbocycles. The van der Waals surface area contributed by atoms with E-state index in [0.717, 1.165) is 36.5 Å². The van der Waals surface area contributed by atoms with E-state index in [1.54, 1.807) is 4.90 Å². The highest BCUT2D eigenvalue weighted by Crippen LogP contribution is 2.26. The first-order valence-corrected chi connectivity index (χ1v) is 12.8. The molecule has 35 heavy (non-hydrogen) atoms. The Balaban J connectivity index is 1.32. The number of rotatable bonds is 8. The molecule has 1 aromatic heterocycles. The van der Waals surface area contributed by atoms with E-state index in [4.69, 9.17) is 16.3 Å². The molecule has 3 heterocycles. The first-order valence-electron chi connectivity index (χ1n) is 12.4. The zero-order chi connectivity index (χ0) is 24.8. The second-order valence-electron chi connectivity index (χ2n) is 9.63. The van der Waals surface area contributed by atoms with Crippen molar-refractivity contribution in [1.29, 1.82) is 0 Å². The molecule has 1 atom stereocenters. The molecule has 8 nitrogen and oxygen atoms in total. The molecule has 2 aromatic rings. The third-order valence-corrected chi connectivity index (χ3v) is 6.80. The summed E-state index contributed by atoms with van der Waals surface area (Å²) in [7, 11) is 0. The number of carbonyl (C=O) groups is 2. The van der Waals surface area contributed by atoms with Gasteiger partial charge in [0.25, 0.3) is 0 Å². The normalized spacial score (nSPS) is 18.2. The Morgan fingerprint density at radius 1 is 1.11 bits per heavy atom. The number of benzene rings is 1. The minimum atomic E-state index is -0.0140. The van der Waals surface area contributed by atoms with Gasteiger partial charge in [0.2, 0.25) is 11.8 Å². The highest BCUT2D eigenvalue weighted by molar-refractivity contribution is 6.33. The molecule has 0 spiro atoms. The monoisotopic (exact) mass is 499 g/mol. The number of hydrogen-bond acceptors (Lipinski definition) is 6. The van der Waals surface area contributed by atoms with Crippen molar-refractivity contribution < 1.29 is 14.3 Å². The van der Waals surface area contributed by atoms with Crippen LogP contribution in [-0.2, 0) is 14.3 Å². The number of halogens is 1. The minimum absolute atomic E-state index is 0.0140. The molecular weight excluding hydrogens is 466 g/mol. The molecule has 0 radical (unpaired) electrons. The molecule has 9 heteroatoms. The summed E-state index contributed by atoms with van der Waals surface area (Å²) in [4.78, 5) is 31.6. The predicted molar refractivity (Wildman–Crippen MR) is 136 cm³/mol. The highest BCUT2D eigenvalue weighted by atomic mass is 35.5. The average molecular weight is 500 g/mol. The zero-order valence-corrected chi connectivity index (χ0v) is 21.3. The zero-order valence-electron chi connectivity index (χ0n) is 20.5. The number of anilines is 1. The van der Waals surface area contributed by atoms with Crippen LogP contribution in [0.15, 0.2) is 36.4 Å². The third-order valence-electron chi connectivity index (χ3n) is 6.47. The van der Waals surface area contributed by atoms with Crippen LogP contribution in [0.2, 0.25) is 5.02 Å². The van der Waals surface area contributed by atoms with E-state index in [0.29, 0.717) is 44.2 Å². The molecule has 2 amide bonds. The molecule has 188 valence electrons. The minimum Gasteiger partial charge on any atom is -0.376 e. The van der Waals surface area contributed by atoms with Crippen LogP contribution in [0, 0.1) is 5.92 Å². The fourth-order valence-corrected chi connectivity index (χ4v) is 4.75. The van der Waals surface area contributed by atoms with Gasteiger partial charge in [-0.25, -0.2) is 0 Å². The Kier molecular flexibility index (Phi) is 8.57. The van der Waals surface area contributed by atoms with E-state index in [-0.39, 0.29) is 30.4 Å². The largest absolute Gasteiger partial charge is 0.376 e. The molecule has 0 aliphatic carbocycles. The molecule has 0 bridgehead atoms. The van der Waals surface area contributed by atoms with Gasteiger partial charge in [0.05, 0.1) is 23.4 Å². The summed E-state index contributed by atoms with van der Waals surface area (Å²) in [6.07, 6.45) is 2.42. The lowest BCUT2D eigenvalue weighted by Crippen LogP contribution is -2.52. The van der Waals surface area contributed by atoms with E-state index in [2.05, 4.69) is 15.1 Å². The summed E-state index contributed by atoms with van der Waals surface area (Å²) in [5.41, 5.74) is 1.58. The number of ether oxygens (including phenoxy) is 1. The van der Waals surface area contributed by atoms with Crippen LogP contribution in [0.25, 0.3) is 11.3 Å². The number of amides is 2. The van der Waals surface area contributed by atoms with Gasteiger partial charge in [0.15, 0.2) is 5.82 Å². The number of carbonyl (C=O) groups excluding carboxylic acids is 2. The Morgan fingerprint density at radius 2 is 1.89 bits per heavy atom. The van der Waals surface area contributed by atoms with Crippen LogP contribution in [0.1, 0.15) is 33.1 Å². The second-order valence-corrected chi connectivity index (χ2v) is 10.0. The van der Waals surface area contributed by atoms with Crippen molar-refractivity contribution in [2.45, 2.75) is 39.2 Å². The van der Waals surface area contributed by atoms with Crippen molar-refractivity contribution in [3.8, 4) is 11.3 Å². The summed E-state index contributed by atoms with van der Waals surface area (Å²) in [5, 5.41) is 9.39. The van der Waals surface area contributed by atoms with Gasteiger partial charge in [-0.1, -0.05) is 43.6 Å². The molecular formula is C26H34ClN5O3. The first kappa shape index (κ1) is 25.4. The topological polar surface area (TPSA) is 78.9 Å². The number of piperazine rings is 1. The van der Waals surface area contributed by atoms with Gasteiger partial charge in [0, 0.05) is 51.3 Å². The Labute approximate surface area is 212 Å². The van der Waals surface area contributed by atoms with Gasteiger partial charge in [-0.15, -0.1) is 10.2 Å². The van der Waals surface area contributed by atoms with Crippen molar-refractivity contribution >= 4 is 29.2 Å². The van der Waals surface area contributed by atoms with Crippen molar-refractivity contribution in [2.75, 3.05) is 50.8 Å². The van der Waals surface area contributed by atoms with Gasteiger partial charge < -0.3 is 19.4 Å². The quantitative estimate of drug-likeness (QED) is 0.553. The molecule has 2 aliphatic heterocycles. The molecule has 1 aromatic carbocycles. The maximum absolute atomic E-state index is 13.1. The first-order chi connectivity index (χ1) is 16.9. The molecule has 2 saturated heterocycles. The smallest absolute Gasteiger partial charge is 0.242 e. The van der Waals surface area contributed by atoms with Crippen molar-refractivity contribution in [1.82, 2.24) is 20.0 Å². The summed E-state index contributed by atoms with van der Waals surface area (Å²) < 4.78 is 5.73. The molecule has 2 fully saturated rings. The standard InChI is InChI=1S/C26H34ClN5O3/c1-19(2)16-25(33)32(17-20-6-5-15-35-20)18-26(34)31-13-11-30(12-14-31)24-10-9-23(28-29-24)21-7-3-4-8-22(21)27/h3-4,7-10,19-20H,5-6,11-18H2,1-2H3/t20-/m1/s1. The Hall–Kier alpha value is -2.71. The van der Waals surface area contributed by atoms with E-state index in [1.165, 1.54) is 0 Å². The van der Waals surface area contributed by atoms with Crippen LogP contribution in [0.5, 0.6) is 0 Å². The summed E-state index contributed by atoms with van der Waals surface area (Å²) in [6.45, 7) is 7.87. The maximum Gasteiger partial charge on any atom is 0.242 e. The lowest BCUT2D eigenvalue weighted by Gasteiger charge is -2.36. The Morgan fingerprint density at radius 3 is 2.51 bits per heavy atom. The highest BCUT2D eigenvalue weighted by Gasteiger charge is 2.28. The Bertz CT molecular complexity index is 1000.